The van der Waals surface area contributed by atoms with Crippen molar-refractivity contribution in [2.45, 2.75) is 44.8 Å². The molecule has 0 spiro atoms. The van der Waals surface area contributed by atoms with E-state index in [1.807, 2.05) is 44.2 Å². The fourth-order valence-corrected chi connectivity index (χ4v) is 4.96. The highest BCUT2D eigenvalue weighted by Gasteiger charge is 2.38. The third-order valence-electron chi connectivity index (χ3n) is 5.93. The van der Waals surface area contributed by atoms with Gasteiger partial charge in [-0.3, -0.25) is 4.79 Å². The first-order chi connectivity index (χ1) is 17.3. The summed E-state index contributed by atoms with van der Waals surface area (Å²) in [5, 5.41) is 10.3. The molecule has 0 aliphatic carbocycles. The maximum atomic E-state index is 13.5. The van der Waals surface area contributed by atoms with E-state index in [9.17, 15) is 26.4 Å². The molecular weight excluding hydrogens is 511 g/mol. The van der Waals surface area contributed by atoms with Crippen molar-refractivity contribution >= 4 is 21.9 Å². The number of carbonyl (C=O) groups excluding carboxylic acids is 1. The summed E-state index contributed by atoms with van der Waals surface area (Å²) in [4.78, 5) is 23.7. The minimum absolute atomic E-state index is 0.158. The lowest BCUT2D eigenvalue weighted by Crippen LogP contribution is -2.50. The molecule has 2 aromatic rings. The van der Waals surface area contributed by atoms with Gasteiger partial charge in [-0.05, 0) is 54.7 Å². The molecule has 37 heavy (non-hydrogen) atoms. The Morgan fingerprint density at radius 2 is 1.54 bits per heavy atom. The molecule has 12 heteroatoms. The van der Waals surface area contributed by atoms with Crippen LogP contribution in [0.25, 0.3) is 0 Å². The number of carbonyl (C=O) groups is 2. The molecule has 1 amide bonds. The number of carboxylic acids is 1. The minimum atomic E-state index is -5.08. The smallest absolute Gasteiger partial charge is 0.475 e. The quantitative estimate of drug-likeness (QED) is 0.556. The van der Waals surface area contributed by atoms with Crippen molar-refractivity contribution in [3.63, 3.8) is 0 Å². The van der Waals surface area contributed by atoms with Gasteiger partial charge in [-0.2, -0.15) is 17.5 Å². The van der Waals surface area contributed by atoms with Gasteiger partial charge >= 0.3 is 12.1 Å². The Morgan fingerprint density at radius 3 is 2.03 bits per heavy atom. The Balaban J connectivity index is 0.000000604. The minimum Gasteiger partial charge on any atom is -0.475 e. The standard InChI is InChI=1S/C23H31N3O3S.C2HF3O2/c1-4-20-6-8-21(9-7-20)16-26(17-23(27)25-13-11-24-12-14-25)30(28,29)22-10-5-18(2)19(3)15-22;3-2(4,5)1(6)7/h5-10,15,24H,4,11-14,16-17H2,1-3H3;(H,6,7). The lowest BCUT2D eigenvalue weighted by Gasteiger charge is -2.30. The van der Waals surface area contributed by atoms with Crippen LogP contribution in [0, 0.1) is 13.8 Å². The topological polar surface area (TPSA) is 107 Å². The van der Waals surface area contributed by atoms with E-state index in [1.165, 1.54) is 9.87 Å². The van der Waals surface area contributed by atoms with Crippen LogP contribution in [0.4, 0.5) is 13.2 Å². The molecule has 2 N–H and O–H groups in total. The summed E-state index contributed by atoms with van der Waals surface area (Å²) >= 11 is 0. The molecule has 1 heterocycles. The summed E-state index contributed by atoms with van der Waals surface area (Å²) < 4.78 is 60.0. The number of halogens is 3. The summed E-state index contributed by atoms with van der Waals surface area (Å²) in [6, 6.07) is 13.0. The molecule has 0 atom stereocenters. The summed E-state index contributed by atoms with van der Waals surface area (Å²) in [5.74, 6) is -2.92. The van der Waals surface area contributed by atoms with Gasteiger partial charge in [0, 0.05) is 32.7 Å². The largest absolute Gasteiger partial charge is 0.490 e. The van der Waals surface area contributed by atoms with Crippen molar-refractivity contribution in [3.05, 3.63) is 64.7 Å². The van der Waals surface area contributed by atoms with Crippen molar-refractivity contribution < 1.29 is 36.3 Å². The van der Waals surface area contributed by atoms with E-state index < -0.39 is 22.2 Å². The Hall–Kier alpha value is -2.96. The fraction of sp³-hybridized carbons (Fsp3) is 0.440. The Labute approximate surface area is 215 Å². The zero-order valence-electron chi connectivity index (χ0n) is 21.0. The highest BCUT2D eigenvalue weighted by molar-refractivity contribution is 7.89. The van der Waals surface area contributed by atoms with Crippen molar-refractivity contribution in [1.29, 1.82) is 0 Å². The average Bonchev–Trinajstić information content (AvgIpc) is 2.86. The van der Waals surface area contributed by atoms with Crippen LogP contribution in [-0.4, -0.2) is 73.5 Å². The molecule has 0 saturated carbocycles. The third-order valence-corrected chi connectivity index (χ3v) is 7.72. The number of benzene rings is 2. The summed E-state index contributed by atoms with van der Waals surface area (Å²) in [6.45, 7) is 8.59. The number of hydrogen-bond donors (Lipinski definition) is 2. The third kappa shape index (κ3) is 8.83. The second-order valence-electron chi connectivity index (χ2n) is 8.62. The van der Waals surface area contributed by atoms with Gasteiger partial charge in [0.15, 0.2) is 0 Å². The molecule has 0 aromatic heterocycles. The van der Waals surface area contributed by atoms with Crippen molar-refractivity contribution in [2.75, 3.05) is 32.7 Å². The van der Waals surface area contributed by atoms with Crippen LogP contribution in [0.3, 0.4) is 0 Å². The second kappa shape index (κ2) is 13.0. The Kier molecular flexibility index (Phi) is 10.6. The molecule has 1 aliphatic rings. The molecule has 1 fully saturated rings. The van der Waals surface area contributed by atoms with E-state index in [4.69, 9.17) is 9.90 Å². The van der Waals surface area contributed by atoms with Crippen LogP contribution in [0.2, 0.25) is 0 Å². The van der Waals surface area contributed by atoms with Gasteiger partial charge in [0.25, 0.3) is 0 Å². The molecule has 1 aliphatic heterocycles. The summed E-state index contributed by atoms with van der Waals surface area (Å²) in [5.41, 5.74) is 4.01. The molecule has 0 radical (unpaired) electrons. The molecular formula is C25H32F3N3O5S. The monoisotopic (exact) mass is 543 g/mol. The molecule has 1 saturated heterocycles. The maximum Gasteiger partial charge on any atom is 0.490 e. The van der Waals surface area contributed by atoms with Gasteiger partial charge in [0.1, 0.15) is 0 Å². The zero-order valence-corrected chi connectivity index (χ0v) is 21.8. The van der Waals surface area contributed by atoms with Crippen LogP contribution in [0.15, 0.2) is 47.4 Å². The number of rotatable bonds is 7. The lowest BCUT2D eigenvalue weighted by molar-refractivity contribution is -0.192. The van der Waals surface area contributed by atoms with E-state index >= 15 is 0 Å². The van der Waals surface area contributed by atoms with E-state index in [0.29, 0.717) is 13.1 Å². The summed E-state index contributed by atoms with van der Waals surface area (Å²) in [7, 11) is -3.82. The molecule has 2 aromatic carbocycles. The van der Waals surface area contributed by atoms with Crippen LogP contribution in [-0.2, 0) is 32.6 Å². The number of aliphatic carboxylic acids is 1. The number of sulfonamides is 1. The van der Waals surface area contributed by atoms with Crippen LogP contribution < -0.4 is 5.32 Å². The molecule has 204 valence electrons. The van der Waals surface area contributed by atoms with Crippen LogP contribution >= 0.6 is 0 Å². The van der Waals surface area contributed by atoms with Crippen molar-refractivity contribution in [1.82, 2.24) is 14.5 Å². The number of hydrogen-bond acceptors (Lipinski definition) is 5. The fourth-order valence-electron chi connectivity index (χ4n) is 3.50. The number of carboxylic acid groups (broad SMARTS) is 1. The lowest BCUT2D eigenvalue weighted by atomic mass is 10.1. The van der Waals surface area contributed by atoms with Gasteiger partial charge < -0.3 is 15.3 Å². The first-order valence-electron chi connectivity index (χ1n) is 11.7. The van der Waals surface area contributed by atoms with E-state index in [2.05, 4.69) is 12.2 Å². The molecule has 0 unspecified atom stereocenters. The predicted molar refractivity (Wildman–Crippen MR) is 132 cm³/mol. The second-order valence-corrected chi connectivity index (χ2v) is 10.6. The highest BCUT2D eigenvalue weighted by atomic mass is 32.2. The van der Waals surface area contributed by atoms with Gasteiger partial charge in [0.05, 0.1) is 11.4 Å². The molecule has 0 bridgehead atoms. The molecule has 8 nitrogen and oxygen atoms in total. The summed E-state index contributed by atoms with van der Waals surface area (Å²) in [6.07, 6.45) is -4.16. The number of nitrogens with zero attached hydrogens (tertiary/aromatic N) is 2. The van der Waals surface area contributed by atoms with E-state index in [-0.39, 0.29) is 23.9 Å². The average molecular weight is 544 g/mol. The van der Waals surface area contributed by atoms with Crippen molar-refractivity contribution in [2.24, 2.45) is 0 Å². The SMILES string of the molecule is CCc1ccc(CN(CC(=O)N2CCNCC2)S(=O)(=O)c2ccc(C)c(C)c2)cc1.O=C(O)C(F)(F)F. The Bertz CT molecular complexity index is 1180. The van der Waals surface area contributed by atoms with E-state index in [0.717, 1.165) is 36.2 Å². The van der Waals surface area contributed by atoms with Crippen LogP contribution in [0.1, 0.15) is 29.2 Å². The normalized spacial score (nSPS) is 14.2. The number of aryl methyl sites for hydroxylation is 3. The predicted octanol–water partition coefficient (Wildman–Crippen LogP) is 3.12. The van der Waals surface area contributed by atoms with Gasteiger partial charge in [-0.25, -0.2) is 13.2 Å². The zero-order chi connectivity index (χ0) is 27.8. The van der Waals surface area contributed by atoms with Gasteiger partial charge in [-0.1, -0.05) is 37.3 Å². The number of piperazine rings is 1. The first-order valence-corrected chi connectivity index (χ1v) is 13.1. The van der Waals surface area contributed by atoms with Crippen molar-refractivity contribution in [3.8, 4) is 0 Å². The highest BCUT2D eigenvalue weighted by Crippen LogP contribution is 2.22. The Morgan fingerprint density at radius 1 is 1.00 bits per heavy atom. The number of nitrogens with one attached hydrogen (secondary N) is 1. The van der Waals surface area contributed by atoms with Gasteiger partial charge in [0.2, 0.25) is 15.9 Å². The number of amides is 1. The molecule has 3 rings (SSSR count). The first kappa shape index (κ1) is 30.3. The van der Waals surface area contributed by atoms with Gasteiger partial charge in [-0.15, -0.1) is 0 Å². The van der Waals surface area contributed by atoms with E-state index in [1.54, 1.807) is 17.0 Å². The maximum absolute atomic E-state index is 13.5. The van der Waals surface area contributed by atoms with Crippen LogP contribution in [0.5, 0.6) is 0 Å². The number of alkyl halides is 3.